The normalized spacial score (nSPS) is 10.7. The van der Waals surface area contributed by atoms with Gasteiger partial charge in [0.1, 0.15) is 5.75 Å². The molecule has 3 amide bonds. The number of hydrogen-bond donors (Lipinski definition) is 3. The van der Waals surface area contributed by atoms with E-state index >= 15 is 0 Å². The van der Waals surface area contributed by atoms with E-state index in [0.29, 0.717) is 42.6 Å². The van der Waals surface area contributed by atoms with E-state index in [0.717, 1.165) is 12.1 Å². The van der Waals surface area contributed by atoms with E-state index in [1.165, 1.54) is 0 Å². The first-order valence-corrected chi connectivity index (χ1v) is 10.1. The summed E-state index contributed by atoms with van der Waals surface area (Å²) in [6.07, 6.45) is 0. The lowest BCUT2D eigenvalue weighted by atomic mass is 10.1. The van der Waals surface area contributed by atoms with Crippen LogP contribution in [0.2, 0.25) is 0 Å². The number of para-hydroxylation sites is 2. The topological polar surface area (TPSA) is 82.7 Å². The van der Waals surface area contributed by atoms with Crippen LogP contribution in [0, 0.1) is 5.92 Å². The molecular formula is C23H32N4O3. The molecule has 3 N–H and O–H groups in total. The number of hydrogen-bond acceptors (Lipinski definition) is 4. The van der Waals surface area contributed by atoms with Gasteiger partial charge in [0, 0.05) is 25.2 Å². The number of carbonyl (C=O) groups is 2. The molecule has 0 heterocycles. The Morgan fingerprint density at radius 2 is 1.80 bits per heavy atom. The number of nitrogens with zero attached hydrogens (tertiary/aromatic N) is 1. The highest BCUT2D eigenvalue weighted by Crippen LogP contribution is 2.24. The number of benzene rings is 2. The summed E-state index contributed by atoms with van der Waals surface area (Å²) in [5.74, 6) is 0.899. The summed E-state index contributed by atoms with van der Waals surface area (Å²) in [5.41, 5.74) is 2.03. The van der Waals surface area contributed by atoms with Gasteiger partial charge in [-0.2, -0.15) is 0 Å². The van der Waals surface area contributed by atoms with Crippen LogP contribution in [0.4, 0.5) is 10.5 Å². The van der Waals surface area contributed by atoms with Crippen molar-refractivity contribution in [1.82, 2.24) is 15.5 Å². The minimum Gasteiger partial charge on any atom is -0.491 e. The number of urea groups is 1. The minimum atomic E-state index is -0.337. The van der Waals surface area contributed by atoms with Crippen LogP contribution >= 0.6 is 0 Å². The first-order chi connectivity index (χ1) is 14.3. The molecular weight excluding hydrogens is 380 g/mol. The zero-order valence-electron chi connectivity index (χ0n) is 18.2. The van der Waals surface area contributed by atoms with Crippen LogP contribution in [0.5, 0.6) is 5.75 Å². The molecule has 30 heavy (non-hydrogen) atoms. The fourth-order valence-electron chi connectivity index (χ4n) is 2.62. The van der Waals surface area contributed by atoms with Gasteiger partial charge in [-0.05, 0) is 49.8 Å². The van der Waals surface area contributed by atoms with Gasteiger partial charge in [-0.25, -0.2) is 4.79 Å². The predicted molar refractivity (Wildman–Crippen MR) is 120 cm³/mol. The van der Waals surface area contributed by atoms with Crippen LogP contribution in [0.3, 0.4) is 0 Å². The summed E-state index contributed by atoms with van der Waals surface area (Å²) in [5, 5.41) is 8.53. The Kier molecular flexibility index (Phi) is 9.15. The first-order valence-electron chi connectivity index (χ1n) is 10.1. The van der Waals surface area contributed by atoms with Gasteiger partial charge >= 0.3 is 6.03 Å². The molecule has 162 valence electrons. The Labute approximate surface area is 178 Å². The van der Waals surface area contributed by atoms with E-state index in [-0.39, 0.29) is 11.9 Å². The standard InChI is InChI=1S/C23H32N4O3/c1-17(2)16-30-21-11-6-5-10-20(21)26-23(29)25-15-18-8-7-9-19(14-18)22(28)24-12-13-27(3)4/h5-11,14,17H,12-13,15-16H2,1-4H3,(H,24,28)(H2,25,26,29). The zero-order valence-corrected chi connectivity index (χ0v) is 18.2. The molecule has 0 radical (unpaired) electrons. The van der Waals surface area contributed by atoms with Gasteiger partial charge in [-0.1, -0.05) is 38.1 Å². The van der Waals surface area contributed by atoms with E-state index < -0.39 is 0 Å². The number of likely N-dealkylation sites (N-methyl/N-ethyl adjacent to an activating group) is 1. The quantitative estimate of drug-likeness (QED) is 0.559. The van der Waals surface area contributed by atoms with Crippen LogP contribution in [-0.4, -0.2) is 50.6 Å². The molecule has 2 aromatic carbocycles. The number of ether oxygens (including phenoxy) is 1. The highest BCUT2D eigenvalue weighted by atomic mass is 16.5. The van der Waals surface area contributed by atoms with Crippen molar-refractivity contribution in [1.29, 1.82) is 0 Å². The van der Waals surface area contributed by atoms with Crippen LogP contribution in [0.25, 0.3) is 0 Å². The minimum absolute atomic E-state index is 0.126. The van der Waals surface area contributed by atoms with Crippen molar-refractivity contribution in [3.8, 4) is 5.75 Å². The maximum Gasteiger partial charge on any atom is 0.319 e. The summed E-state index contributed by atoms with van der Waals surface area (Å²) in [7, 11) is 3.91. The van der Waals surface area contributed by atoms with Gasteiger partial charge in [0.2, 0.25) is 0 Å². The lowest BCUT2D eigenvalue weighted by Gasteiger charge is -2.14. The van der Waals surface area contributed by atoms with Gasteiger partial charge in [0.15, 0.2) is 0 Å². The average molecular weight is 413 g/mol. The maximum absolute atomic E-state index is 12.3. The maximum atomic E-state index is 12.3. The number of carbonyl (C=O) groups excluding carboxylic acids is 2. The average Bonchev–Trinajstić information content (AvgIpc) is 2.71. The molecule has 0 aliphatic carbocycles. The van der Waals surface area contributed by atoms with Crippen molar-refractivity contribution >= 4 is 17.6 Å². The number of rotatable bonds is 10. The van der Waals surface area contributed by atoms with Crippen molar-refractivity contribution in [2.24, 2.45) is 5.92 Å². The number of nitrogens with one attached hydrogen (secondary N) is 3. The second-order valence-corrected chi connectivity index (χ2v) is 7.77. The molecule has 0 atom stereocenters. The van der Waals surface area contributed by atoms with E-state index in [9.17, 15) is 9.59 Å². The molecule has 0 saturated heterocycles. The summed E-state index contributed by atoms with van der Waals surface area (Å²) in [6, 6.07) is 14.2. The largest absolute Gasteiger partial charge is 0.491 e. The Bertz CT molecular complexity index is 837. The second kappa shape index (κ2) is 11.8. The smallest absolute Gasteiger partial charge is 0.319 e. The van der Waals surface area contributed by atoms with Crippen molar-refractivity contribution in [3.63, 3.8) is 0 Å². The molecule has 0 bridgehead atoms. The predicted octanol–water partition coefficient (Wildman–Crippen LogP) is 3.33. The van der Waals surface area contributed by atoms with Gasteiger partial charge < -0.3 is 25.6 Å². The van der Waals surface area contributed by atoms with Gasteiger partial charge in [-0.15, -0.1) is 0 Å². The van der Waals surface area contributed by atoms with Crippen molar-refractivity contribution in [2.45, 2.75) is 20.4 Å². The molecule has 2 rings (SSSR count). The highest BCUT2D eigenvalue weighted by molar-refractivity contribution is 5.94. The SMILES string of the molecule is CC(C)COc1ccccc1NC(=O)NCc1cccc(C(=O)NCCN(C)C)c1. The van der Waals surface area contributed by atoms with Gasteiger partial charge in [0.05, 0.1) is 12.3 Å². The Balaban J connectivity index is 1.89. The summed E-state index contributed by atoms with van der Waals surface area (Å²) in [4.78, 5) is 26.6. The van der Waals surface area contributed by atoms with Crippen LogP contribution in [-0.2, 0) is 6.54 Å². The molecule has 0 unspecified atom stereocenters. The van der Waals surface area contributed by atoms with Crippen molar-refractivity contribution < 1.29 is 14.3 Å². The molecule has 0 aliphatic heterocycles. The lowest BCUT2D eigenvalue weighted by Crippen LogP contribution is -2.31. The van der Waals surface area contributed by atoms with Gasteiger partial charge in [-0.3, -0.25) is 4.79 Å². The lowest BCUT2D eigenvalue weighted by molar-refractivity contribution is 0.0951. The van der Waals surface area contributed by atoms with Crippen LogP contribution in [0.15, 0.2) is 48.5 Å². The molecule has 2 aromatic rings. The first kappa shape index (κ1) is 23.2. The van der Waals surface area contributed by atoms with E-state index in [2.05, 4.69) is 29.8 Å². The third-order valence-corrected chi connectivity index (χ3v) is 4.19. The molecule has 0 fully saturated rings. The third-order valence-electron chi connectivity index (χ3n) is 4.19. The highest BCUT2D eigenvalue weighted by Gasteiger charge is 2.09. The Morgan fingerprint density at radius 1 is 1.03 bits per heavy atom. The molecule has 0 aliphatic rings. The Hall–Kier alpha value is -3.06. The van der Waals surface area contributed by atoms with Crippen molar-refractivity contribution in [3.05, 3.63) is 59.7 Å². The molecule has 0 aromatic heterocycles. The fourth-order valence-corrected chi connectivity index (χ4v) is 2.62. The fraction of sp³-hybridized carbons (Fsp3) is 0.391. The third kappa shape index (κ3) is 8.13. The van der Waals surface area contributed by atoms with E-state index in [1.807, 2.05) is 49.3 Å². The van der Waals surface area contributed by atoms with Crippen molar-refractivity contribution in [2.75, 3.05) is 39.1 Å². The summed E-state index contributed by atoms with van der Waals surface area (Å²) in [6.45, 7) is 6.37. The number of amides is 3. The summed E-state index contributed by atoms with van der Waals surface area (Å²) >= 11 is 0. The second-order valence-electron chi connectivity index (χ2n) is 7.77. The molecule has 7 nitrogen and oxygen atoms in total. The van der Waals surface area contributed by atoms with E-state index in [1.54, 1.807) is 18.2 Å². The van der Waals surface area contributed by atoms with Crippen LogP contribution < -0.4 is 20.7 Å². The van der Waals surface area contributed by atoms with E-state index in [4.69, 9.17) is 4.74 Å². The summed E-state index contributed by atoms with van der Waals surface area (Å²) < 4.78 is 5.76. The Morgan fingerprint density at radius 3 is 2.53 bits per heavy atom. The van der Waals surface area contributed by atoms with Crippen LogP contribution in [0.1, 0.15) is 29.8 Å². The molecule has 7 heteroatoms. The van der Waals surface area contributed by atoms with Gasteiger partial charge in [0.25, 0.3) is 5.91 Å². The molecule has 0 saturated carbocycles. The monoisotopic (exact) mass is 412 g/mol. The number of anilines is 1. The zero-order chi connectivity index (χ0) is 21.9. The molecule has 0 spiro atoms.